The number of nitrogens with one attached hydrogen (secondary N) is 1. The molecule has 2 unspecified atom stereocenters. The van der Waals surface area contributed by atoms with Gasteiger partial charge in [-0.05, 0) is 36.0 Å². The first-order valence-electron chi connectivity index (χ1n) is 8.17. The molecule has 1 aromatic carbocycles. The topological polar surface area (TPSA) is 15.3 Å². The molecule has 0 spiro atoms. The molecular weight excluding hydrogens is 263 g/mol. The Labute approximate surface area is 128 Å². The normalized spacial score (nSPS) is 24.0. The highest BCUT2D eigenvalue weighted by atomic mass is 19.1. The number of rotatable bonds is 5. The van der Waals surface area contributed by atoms with Gasteiger partial charge in [0.05, 0.1) is 0 Å². The average molecular weight is 292 g/mol. The van der Waals surface area contributed by atoms with Crippen molar-refractivity contribution in [1.82, 2.24) is 10.2 Å². The van der Waals surface area contributed by atoms with Gasteiger partial charge in [0, 0.05) is 31.7 Å². The van der Waals surface area contributed by atoms with Crippen molar-refractivity contribution < 1.29 is 4.39 Å². The van der Waals surface area contributed by atoms with E-state index < -0.39 is 0 Å². The van der Waals surface area contributed by atoms with Gasteiger partial charge in [0.25, 0.3) is 0 Å². The van der Waals surface area contributed by atoms with Crippen LogP contribution >= 0.6 is 0 Å². The summed E-state index contributed by atoms with van der Waals surface area (Å²) >= 11 is 0. The molecule has 3 heteroatoms. The minimum absolute atomic E-state index is 0.155. The number of hydrogen-bond donors (Lipinski definition) is 1. The van der Waals surface area contributed by atoms with Crippen LogP contribution in [0.15, 0.2) is 24.3 Å². The van der Waals surface area contributed by atoms with Crippen LogP contribution < -0.4 is 5.32 Å². The fraction of sp³-hybridized carbons (Fsp3) is 0.667. The molecule has 1 saturated heterocycles. The molecule has 0 bridgehead atoms. The maximum Gasteiger partial charge on any atom is 0.123 e. The number of piperazine rings is 1. The summed E-state index contributed by atoms with van der Waals surface area (Å²) in [4.78, 5) is 2.58. The third-order valence-electron chi connectivity index (χ3n) is 4.41. The lowest BCUT2D eigenvalue weighted by atomic mass is 9.94. The summed E-state index contributed by atoms with van der Waals surface area (Å²) in [6.07, 6.45) is 1.21. The molecule has 1 aliphatic heterocycles. The van der Waals surface area contributed by atoms with Gasteiger partial charge in [-0.1, -0.05) is 39.8 Å². The highest BCUT2D eigenvalue weighted by molar-refractivity contribution is 5.16. The molecule has 0 saturated carbocycles. The van der Waals surface area contributed by atoms with Crippen molar-refractivity contribution in [2.24, 2.45) is 11.8 Å². The zero-order valence-corrected chi connectivity index (χ0v) is 13.8. The number of halogens is 1. The molecule has 0 aromatic heterocycles. The Morgan fingerprint density at radius 1 is 1.19 bits per heavy atom. The Bertz CT molecular complexity index is 427. The van der Waals surface area contributed by atoms with Gasteiger partial charge >= 0.3 is 0 Å². The van der Waals surface area contributed by atoms with E-state index in [1.165, 1.54) is 12.0 Å². The summed E-state index contributed by atoms with van der Waals surface area (Å²) in [5.41, 5.74) is 1.20. The zero-order valence-electron chi connectivity index (χ0n) is 13.8. The number of benzene rings is 1. The summed E-state index contributed by atoms with van der Waals surface area (Å²) in [5, 5.41) is 3.70. The molecule has 1 aromatic rings. The Kier molecular flexibility index (Phi) is 5.77. The molecule has 118 valence electrons. The van der Waals surface area contributed by atoms with E-state index in [0.29, 0.717) is 23.9 Å². The molecule has 2 rings (SSSR count). The molecule has 1 aliphatic rings. The number of nitrogens with zero attached hydrogens (tertiary/aromatic N) is 1. The SMILES string of the molecule is CC(C)CC1CNC(C(C)C)CN1Cc1ccc(F)cc1. The van der Waals surface area contributed by atoms with Crippen LogP contribution in [-0.2, 0) is 6.54 Å². The zero-order chi connectivity index (χ0) is 15.4. The van der Waals surface area contributed by atoms with E-state index in [1.807, 2.05) is 12.1 Å². The maximum atomic E-state index is 13.1. The molecule has 0 radical (unpaired) electrons. The first kappa shape index (κ1) is 16.4. The van der Waals surface area contributed by atoms with Gasteiger partial charge in [-0.2, -0.15) is 0 Å². The van der Waals surface area contributed by atoms with E-state index in [2.05, 4.69) is 37.9 Å². The van der Waals surface area contributed by atoms with Crippen LogP contribution in [0.25, 0.3) is 0 Å². The maximum absolute atomic E-state index is 13.1. The highest BCUT2D eigenvalue weighted by Gasteiger charge is 2.29. The van der Waals surface area contributed by atoms with Crippen molar-refractivity contribution in [2.75, 3.05) is 13.1 Å². The van der Waals surface area contributed by atoms with Gasteiger partial charge in [0.2, 0.25) is 0 Å². The van der Waals surface area contributed by atoms with Gasteiger partial charge in [0.1, 0.15) is 5.82 Å². The first-order chi connectivity index (χ1) is 9.95. The highest BCUT2D eigenvalue weighted by Crippen LogP contribution is 2.20. The van der Waals surface area contributed by atoms with Crippen molar-refractivity contribution >= 4 is 0 Å². The third kappa shape index (κ3) is 4.79. The largest absolute Gasteiger partial charge is 0.311 e. The summed E-state index contributed by atoms with van der Waals surface area (Å²) in [7, 11) is 0. The summed E-state index contributed by atoms with van der Waals surface area (Å²) in [5.74, 6) is 1.18. The predicted molar refractivity (Wildman–Crippen MR) is 86.7 cm³/mol. The van der Waals surface area contributed by atoms with E-state index in [9.17, 15) is 4.39 Å². The van der Waals surface area contributed by atoms with Crippen molar-refractivity contribution in [2.45, 2.75) is 52.7 Å². The third-order valence-corrected chi connectivity index (χ3v) is 4.41. The Balaban J connectivity index is 2.06. The second kappa shape index (κ2) is 7.37. The Hall–Kier alpha value is -0.930. The van der Waals surface area contributed by atoms with E-state index in [0.717, 1.165) is 19.6 Å². The molecule has 0 aliphatic carbocycles. The predicted octanol–water partition coefficient (Wildman–Crippen LogP) is 3.67. The van der Waals surface area contributed by atoms with Gasteiger partial charge in [-0.3, -0.25) is 4.90 Å². The van der Waals surface area contributed by atoms with Crippen LogP contribution in [-0.4, -0.2) is 30.1 Å². The molecule has 21 heavy (non-hydrogen) atoms. The van der Waals surface area contributed by atoms with Gasteiger partial charge < -0.3 is 5.32 Å². The molecule has 2 nitrogen and oxygen atoms in total. The second-order valence-corrected chi connectivity index (χ2v) is 7.10. The van der Waals surface area contributed by atoms with Gasteiger partial charge in [-0.15, -0.1) is 0 Å². The lowest BCUT2D eigenvalue weighted by Gasteiger charge is -2.42. The summed E-state index contributed by atoms with van der Waals surface area (Å²) in [6, 6.07) is 8.07. The minimum Gasteiger partial charge on any atom is -0.311 e. The standard InChI is InChI=1S/C18H29FN2/c1-13(2)9-17-10-20-18(14(3)4)12-21(17)11-15-5-7-16(19)8-6-15/h5-8,13-14,17-18,20H,9-12H2,1-4H3. The minimum atomic E-state index is -0.155. The second-order valence-electron chi connectivity index (χ2n) is 7.10. The van der Waals surface area contributed by atoms with E-state index in [4.69, 9.17) is 0 Å². The lowest BCUT2D eigenvalue weighted by molar-refractivity contribution is 0.0924. The Morgan fingerprint density at radius 2 is 1.86 bits per heavy atom. The quantitative estimate of drug-likeness (QED) is 0.891. The summed E-state index contributed by atoms with van der Waals surface area (Å²) in [6.45, 7) is 12.2. The molecule has 1 heterocycles. The van der Waals surface area contributed by atoms with Crippen LogP contribution in [0.1, 0.15) is 39.7 Å². The average Bonchev–Trinajstić information content (AvgIpc) is 2.42. The van der Waals surface area contributed by atoms with Crippen LogP contribution in [0.2, 0.25) is 0 Å². The van der Waals surface area contributed by atoms with Crippen LogP contribution in [0.5, 0.6) is 0 Å². The summed E-state index contributed by atoms with van der Waals surface area (Å²) < 4.78 is 13.1. The van der Waals surface area contributed by atoms with Crippen LogP contribution in [0, 0.1) is 17.7 Å². The molecule has 2 atom stereocenters. The fourth-order valence-corrected chi connectivity index (χ4v) is 3.12. The smallest absolute Gasteiger partial charge is 0.123 e. The van der Waals surface area contributed by atoms with Gasteiger partial charge in [-0.25, -0.2) is 4.39 Å². The van der Waals surface area contributed by atoms with Gasteiger partial charge in [0.15, 0.2) is 0 Å². The fourth-order valence-electron chi connectivity index (χ4n) is 3.12. The molecule has 1 fully saturated rings. The Morgan fingerprint density at radius 3 is 2.43 bits per heavy atom. The number of hydrogen-bond acceptors (Lipinski definition) is 2. The van der Waals surface area contributed by atoms with E-state index in [-0.39, 0.29) is 5.82 Å². The van der Waals surface area contributed by atoms with E-state index >= 15 is 0 Å². The van der Waals surface area contributed by atoms with Crippen molar-refractivity contribution in [3.05, 3.63) is 35.6 Å². The molecule has 1 N–H and O–H groups in total. The van der Waals surface area contributed by atoms with Crippen LogP contribution in [0.3, 0.4) is 0 Å². The van der Waals surface area contributed by atoms with Crippen molar-refractivity contribution in [3.8, 4) is 0 Å². The molecular formula is C18H29FN2. The van der Waals surface area contributed by atoms with E-state index in [1.54, 1.807) is 12.1 Å². The van der Waals surface area contributed by atoms with Crippen molar-refractivity contribution in [3.63, 3.8) is 0 Å². The lowest BCUT2D eigenvalue weighted by Crippen LogP contribution is -2.57. The first-order valence-corrected chi connectivity index (χ1v) is 8.17. The molecule has 0 amide bonds. The van der Waals surface area contributed by atoms with Crippen molar-refractivity contribution in [1.29, 1.82) is 0 Å². The van der Waals surface area contributed by atoms with Crippen LogP contribution in [0.4, 0.5) is 4.39 Å². The monoisotopic (exact) mass is 292 g/mol.